The lowest BCUT2D eigenvalue weighted by molar-refractivity contribution is -0.140. The number of urea groups is 1. The molecule has 1 saturated heterocycles. The largest absolute Gasteiger partial charge is 0.480 e. The van der Waals surface area contributed by atoms with E-state index in [0.717, 1.165) is 25.9 Å². The molecule has 1 unspecified atom stereocenters. The van der Waals surface area contributed by atoms with Gasteiger partial charge >= 0.3 is 12.0 Å². The van der Waals surface area contributed by atoms with Crippen molar-refractivity contribution in [2.45, 2.75) is 38.1 Å². The highest BCUT2D eigenvalue weighted by Crippen LogP contribution is 2.36. The molecule has 0 aromatic carbocycles. The molecule has 1 aliphatic carbocycles. The summed E-state index contributed by atoms with van der Waals surface area (Å²) in [6, 6.07) is -0.212. The zero-order valence-electron chi connectivity index (χ0n) is 9.53. The van der Waals surface area contributed by atoms with Gasteiger partial charge in [-0.05, 0) is 25.2 Å². The van der Waals surface area contributed by atoms with Crippen LogP contribution in [0.2, 0.25) is 0 Å². The van der Waals surface area contributed by atoms with E-state index in [9.17, 15) is 9.59 Å². The number of carboxylic acids is 1. The SMILES string of the molecule is CCC1CCN(C(=O)NC2(C(=O)O)CC2)C1. The fourth-order valence-corrected chi connectivity index (χ4v) is 2.15. The van der Waals surface area contributed by atoms with Crippen molar-refractivity contribution in [1.82, 2.24) is 10.2 Å². The summed E-state index contributed by atoms with van der Waals surface area (Å²) in [7, 11) is 0. The van der Waals surface area contributed by atoms with Crippen molar-refractivity contribution in [2.24, 2.45) is 5.92 Å². The van der Waals surface area contributed by atoms with Crippen molar-refractivity contribution in [1.29, 1.82) is 0 Å². The second-order valence-corrected chi connectivity index (χ2v) is 4.83. The summed E-state index contributed by atoms with van der Waals surface area (Å²) in [5, 5.41) is 11.6. The van der Waals surface area contributed by atoms with Crippen LogP contribution in [0.4, 0.5) is 4.79 Å². The van der Waals surface area contributed by atoms with Crippen LogP contribution in [0.15, 0.2) is 0 Å². The zero-order chi connectivity index (χ0) is 11.8. The van der Waals surface area contributed by atoms with Crippen molar-refractivity contribution in [3.05, 3.63) is 0 Å². The van der Waals surface area contributed by atoms with Crippen molar-refractivity contribution < 1.29 is 14.7 Å². The molecule has 0 aromatic rings. The van der Waals surface area contributed by atoms with Crippen LogP contribution in [-0.4, -0.2) is 40.6 Å². The maximum atomic E-state index is 11.8. The normalized spacial score (nSPS) is 26.6. The van der Waals surface area contributed by atoms with Gasteiger partial charge in [-0.3, -0.25) is 0 Å². The van der Waals surface area contributed by atoms with E-state index in [1.807, 2.05) is 0 Å². The average Bonchev–Trinajstić information content (AvgIpc) is 2.88. The number of carboxylic acid groups (broad SMARTS) is 1. The molecule has 16 heavy (non-hydrogen) atoms. The lowest BCUT2D eigenvalue weighted by Crippen LogP contribution is -2.49. The van der Waals surface area contributed by atoms with Gasteiger partial charge in [0.1, 0.15) is 5.54 Å². The third kappa shape index (κ3) is 1.99. The number of carbonyl (C=O) groups excluding carboxylic acids is 1. The van der Waals surface area contributed by atoms with Crippen LogP contribution >= 0.6 is 0 Å². The van der Waals surface area contributed by atoms with Gasteiger partial charge in [-0.15, -0.1) is 0 Å². The monoisotopic (exact) mass is 226 g/mol. The number of nitrogens with zero attached hydrogens (tertiary/aromatic N) is 1. The van der Waals surface area contributed by atoms with Gasteiger partial charge in [0, 0.05) is 13.1 Å². The molecule has 0 spiro atoms. The van der Waals surface area contributed by atoms with Crippen LogP contribution in [0.25, 0.3) is 0 Å². The molecule has 2 rings (SSSR count). The van der Waals surface area contributed by atoms with Crippen LogP contribution < -0.4 is 5.32 Å². The Balaban J connectivity index is 1.87. The Bertz CT molecular complexity index is 312. The van der Waals surface area contributed by atoms with E-state index in [1.165, 1.54) is 0 Å². The Morgan fingerprint density at radius 3 is 2.62 bits per heavy atom. The molecule has 2 fully saturated rings. The van der Waals surface area contributed by atoms with Gasteiger partial charge in [-0.1, -0.05) is 13.3 Å². The second kappa shape index (κ2) is 3.96. The molecule has 0 bridgehead atoms. The van der Waals surface area contributed by atoms with E-state index in [4.69, 9.17) is 5.11 Å². The van der Waals surface area contributed by atoms with Gasteiger partial charge < -0.3 is 15.3 Å². The molecule has 1 atom stereocenters. The highest BCUT2D eigenvalue weighted by molar-refractivity contribution is 5.89. The molecule has 0 aromatic heterocycles. The number of nitrogens with one attached hydrogen (secondary N) is 1. The van der Waals surface area contributed by atoms with Crippen LogP contribution in [0, 0.1) is 5.92 Å². The van der Waals surface area contributed by atoms with Crippen molar-refractivity contribution in [3.8, 4) is 0 Å². The number of hydrogen-bond acceptors (Lipinski definition) is 2. The Morgan fingerprint density at radius 1 is 1.50 bits per heavy atom. The Labute approximate surface area is 94.8 Å². The maximum Gasteiger partial charge on any atom is 0.329 e. The molecule has 0 radical (unpaired) electrons. The third-order valence-electron chi connectivity index (χ3n) is 3.66. The lowest BCUT2D eigenvalue weighted by atomic mass is 10.1. The highest BCUT2D eigenvalue weighted by Gasteiger charge is 2.52. The molecule has 2 aliphatic rings. The first-order valence-corrected chi connectivity index (χ1v) is 5.88. The molecule has 5 nitrogen and oxygen atoms in total. The first-order chi connectivity index (χ1) is 7.57. The molecule has 90 valence electrons. The smallest absolute Gasteiger partial charge is 0.329 e. The predicted octanol–water partition coefficient (Wildman–Crippen LogP) is 1.05. The predicted molar refractivity (Wildman–Crippen MR) is 58.1 cm³/mol. The highest BCUT2D eigenvalue weighted by atomic mass is 16.4. The van der Waals surface area contributed by atoms with E-state index in [0.29, 0.717) is 18.8 Å². The Hall–Kier alpha value is -1.26. The maximum absolute atomic E-state index is 11.8. The van der Waals surface area contributed by atoms with E-state index in [2.05, 4.69) is 12.2 Å². The van der Waals surface area contributed by atoms with Crippen LogP contribution in [0.3, 0.4) is 0 Å². The third-order valence-corrected chi connectivity index (χ3v) is 3.66. The quantitative estimate of drug-likeness (QED) is 0.755. The summed E-state index contributed by atoms with van der Waals surface area (Å²) in [5.41, 5.74) is -0.957. The topological polar surface area (TPSA) is 69.6 Å². The standard InChI is InChI=1S/C11H18N2O3/c1-2-8-3-6-13(7-8)10(16)12-11(4-5-11)9(14)15/h8H,2-7H2,1H3,(H,12,16)(H,14,15). The van der Waals surface area contributed by atoms with Crippen molar-refractivity contribution in [2.75, 3.05) is 13.1 Å². The zero-order valence-corrected chi connectivity index (χ0v) is 9.53. The fraction of sp³-hybridized carbons (Fsp3) is 0.818. The van der Waals surface area contributed by atoms with Crippen LogP contribution in [0.1, 0.15) is 32.6 Å². The number of amides is 2. The number of aliphatic carboxylic acids is 1. The van der Waals surface area contributed by atoms with Crippen molar-refractivity contribution in [3.63, 3.8) is 0 Å². The molecular formula is C11H18N2O3. The molecule has 1 saturated carbocycles. The van der Waals surface area contributed by atoms with Gasteiger partial charge in [-0.2, -0.15) is 0 Å². The van der Waals surface area contributed by atoms with Crippen molar-refractivity contribution >= 4 is 12.0 Å². The molecule has 1 heterocycles. The number of likely N-dealkylation sites (tertiary alicyclic amines) is 1. The fourth-order valence-electron chi connectivity index (χ4n) is 2.15. The lowest BCUT2D eigenvalue weighted by Gasteiger charge is -2.20. The summed E-state index contributed by atoms with van der Waals surface area (Å²) in [6.07, 6.45) is 3.22. The van der Waals surface area contributed by atoms with Gasteiger partial charge in [0.25, 0.3) is 0 Å². The Kier molecular flexibility index (Phi) is 2.78. The molecular weight excluding hydrogens is 208 g/mol. The number of hydrogen-bond donors (Lipinski definition) is 2. The molecule has 2 N–H and O–H groups in total. The molecule has 2 amide bonds. The van der Waals surface area contributed by atoms with E-state index in [1.54, 1.807) is 4.90 Å². The van der Waals surface area contributed by atoms with Crippen LogP contribution in [-0.2, 0) is 4.79 Å². The van der Waals surface area contributed by atoms with Gasteiger partial charge in [-0.25, -0.2) is 9.59 Å². The first-order valence-electron chi connectivity index (χ1n) is 5.88. The minimum absolute atomic E-state index is 0.212. The molecule has 1 aliphatic heterocycles. The first kappa shape index (κ1) is 11.2. The van der Waals surface area contributed by atoms with Crippen LogP contribution in [0.5, 0.6) is 0 Å². The summed E-state index contributed by atoms with van der Waals surface area (Å²) >= 11 is 0. The second-order valence-electron chi connectivity index (χ2n) is 4.83. The van der Waals surface area contributed by atoms with Gasteiger partial charge in [0.15, 0.2) is 0 Å². The minimum atomic E-state index is -0.957. The van der Waals surface area contributed by atoms with E-state index >= 15 is 0 Å². The average molecular weight is 226 g/mol. The summed E-state index contributed by atoms with van der Waals surface area (Å²) in [6.45, 7) is 3.63. The Morgan fingerprint density at radius 2 is 2.19 bits per heavy atom. The minimum Gasteiger partial charge on any atom is -0.480 e. The summed E-state index contributed by atoms with van der Waals surface area (Å²) in [5.74, 6) is -0.335. The molecule has 5 heteroatoms. The summed E-state index contributed by atoms with van der Waals surface area (Å²) in [4.78, 5) is 24.5. The van der Waals surface area contributed by atoms with Gasteiger partial charge in [0.2, 0.25) is 0 Å². The number of rotatable bonds is 3. The summed E-state index contributed by atoms with van der Waals surface area (Å²) < 4.78 is 0. The number of carbonyl (C=O) groups is 2. The van der Waals surface area contributed by atoms with E-state index < -0.39 is 11.5 Å². The van der Waals surface area contributed by atoms with E-state index in [-0.39, 0.29) is 6.03 Å². The van der Waals surface area contributed by atoms with Gasteiger partial charge in [0.05, 0.1) is 0 Å².